The van der Waals surface area contributed by atoms with E-state index in [-0.39, 0.29) is 12.4 Å². The van der Waals surface area contributed by atoms with E-state index in [1.165, 1.54) is 5.56 Å². The maximum absolute atomic E-state index is 6.02. The average Bonchev–Trinajstić information content (AvgIpc) is 2.76. The fourth-order valence-electron chi connectivity index (χ4n) is 2.79. The van der Waals surface area contributed by atoms with Crippen LogP contribution in [0, 0.1) is 0 Å². The third-order valence-electron chi connectivity index (χ3n) is 4.15. The molecule has 1 aliphatic heterocycles. The van der Waals surface area contributed by atoms with E-state index in [0.29, 0.717) is 6.61 Å². The van der Waals surface area contributed by atoms with Gasteiger partial charge in [0.2, 0.25) is 0 Å². The van der Waals surface area contributed by atoms with Gasteiger partial charge >= 0.3 is 0 Å². The highest BCUT2D eigenvalue weighted by molar-refractivity contribution is 5.85. The molecule has 0 atom stereocenters. The summed E-state index contributed by atoms with van der Waals surface area (Å²) in [4.78, 5) is 6.97. The quantitative estimate of drug-likeness (QED) is 0.852. The Labute approximate surface area is 156 Å². The molecule has 136 valence electrons. The number of halogens is 1. The number of ether oxygens (including phenoxy) is 1. The second kappa shape index (κ2) is 11.1. The zero-order chi connectivity index (χ0) is 16.5. The molecule has 1 aliphatic rings. The van der Waals surface area contributed by atoms with Crippen LogP contribution < -0.4 is 15.4 Å². The number of aromatic nitrogens is 1. The van der Waals surface area contributed by atoms with Gasteiger partial charge in [0.25, 0.3) is 0 Å². The first kappa shape index (κ1) is 19.7. The number of hydrogen-bond donors (Lipinski definition) is 2. The highest BCUT2D eigenvalue weighted by atomic mass is 35.5. The number of pyridine rings is 1. The zero-order valence-corrected chi connectivity index (χ0v) is 15.3. The van der Waals surface area contributed by atoms with Crippen molar-refractivity contribution >= 4 is 12.4 Å². The molecule has 0 bridgehead atoms. The molecule has 0 unspecified atom stereocenters. The molecule has 5 nitrogen and oxygen atoms in total. The van der Waals surface area contributed by atoms with Crippen molar-refractivity contribution in [2.45, 2.75) is 13.2 Å². The maximum atomic E-state index is 6.02. The van der Waals surface area contributed by atoms with E-state index in [1.54, 1.807) is 0 Å². The molecule has 6 heteroatoms. The van der Waals surface area contributed by atoms with Crippen molar-refractivity contribution in [3.63, 3.8) is 0 Å². The molecule has 0 saturated carbocycles. The van der Waals surface area contributed by atoms with Gasteiger partial charge in [0, 0.05) is 52.0 Å². The van der Waals surface area contributed by atoms with Gasteiger partial charge in [-0.15, -0.1) is 12.4 Å². The lowest BCUT2D eigenvalue weighted by Crippen LogP contribution is -2.33. The van der Waals surface area contributed by atoms with Gasteiger partial charge < -0.3 is 15.4 Å². The largest absolute Gasteiger partial charge is 0.487 e. The van der Waals surface area contributed by atoms with E-state index in [4.69, 9.17) is 4.74 Å². The van der Waals surface area contributed by atoms with Crippen LogP contribution in [0.15, 0.2) is 48.7 Å². The topological polar surface area (TPSA) is 49.4 Å². The fraction of sp³-hybridized carbons (Fsp3) is 0.421. The van der Waals surface area contributed by atoms with Gasteiger partial charge in [-0.1, -0.05) is 30.3 Å². The normalized spacial score (nSPS) is 16.2. The third-order valence-corrected chi connectivity index (χ3v) is 4.15. The Hall–Kier alpha value is -1.66. The second-order valence-corrected chi connectivity index (χ2v) is 6.00. The monoisotopic (exact) mass is 362 g/mol. The SMILES string of the molecule is Cl.c1ccc(COc2cccnc2CN2CCNCCNCC2)cc1. The summed E-state index contributed by atoms with van der Waals surface area (Å²) >= 11 is 0. The molecular weight excluding hydrogens is 336 g/mol. The number of hydrogen-bond acceptors (Lipinski definition) is 5. The predicted octanol–water partition coefficient (Wildman–Crippen LogP) is 2.08. The Morgan fingerprint density at radius 1 is 0.920 bits per heavy atom. The van der Waals surface area contributed by atoms with Crippen molar-refractivity contribution in [2.75, 3.05) is 39.3 Å². The van der Waals surface area contributed by atoms with Crippen molar-refractivity contribution in [2.24, 2.45) is 0 Å². The van der Waals surface area contributed by atoms with Crippen molar-refractivity contribution < 1.29 is 4.74 Å². The Balaban J connectivity index is 0.00000225. The lowest BCUT2D eigenvalue weighted by molar-refractivity contribution is 0.254. The first-order valence-electron chi connectivity index (χ1n) is 8.66. The Morgan fingerprint density at radius 3 is 2.36 bits per heavy atom. The van der Waals surface area contributed by atoms with Crippen LogP contribution in [0.2, 0.25) is 0 Å². The summed E-state index contributed by atoms with van der Waals surface area (Å²) in [5.74, 6) is 0.877. The minimum Gasteiger partial charge on any atom is -0.487 e. The number of rotatable bonds is 5. The molecule has 0 spiro atoms. The van der Waals surface area contributed by atoms with Crippen molar-refractivity contribution in [3.8, 4) is 5.75 Å². The standard InChI is InChI=1S/C19H26N4O.ClH/c1-2-5-17(6-3-1)16-24-19-7-4-8-22-18(19)15-23-13-11-20-9-10-21-12-14-23;/h1-8,20-21H,9-16H2;1H. The minimum atomic E-state index is 0. The second-order valence-electron chi connectivity index (χ2n) is 6.00. The first-order valence-corrected chi connectivity index (χ1v) is 8.66. The predicted molar refractivity (Wildman–Crippen MR) is 103 cm³/mol. The minimum absolute atomic E-state index is 0. The molecule has 2 heterocycles. The Kier molecular flexibility index (Phi) is 8.69. The van der Waals surface area contributed by atoms with Crippen molar-refractivity contribution in [1.29, 1.82) is 0 Å². The molecule has 1 saturated heterocycles. The average molecular weight is 363 g/mol. The summed E-state index contributed by atoms with van der Waals surface area (Å²) < 4.78 is 6.02. The van der Waals surface area contributed by atoms with E-state index in [2.05, 4.69) is 32.7 Å². The van der Waals surface area contributed by atoms with Crippen LogP contribution in [0.4, 0.5) is 0 Å². The van der Waals surface area contributed by atoms with Gasteiger partial charge in [0.05, 0.1) is 5.69 Å². The first-order chi connectivity index (χ1) is 11.9. The van der Waals surface area contributed by atoms with Crippen molar-refractivity contribution in [1.82, 2.24) is 20.5 Å². The van der Waals surface area contributed by atoms with Crippen LogP contribution >= 0.6 is 12.4 Å². The van der Waals surface area contributed by atoms with E-state index in [0.717, 1.165) is 57.3 Å². The van der Waals surface area contributed by atoms with Crippen LogP contribution in [-0.4, -0.2) is 49.2 Å². The molecule has 1 aromatic carbocycles. The molecule has 0 radical (unpaired) electrons. The van der Waals surface area contributed by atoms with Gasteiger partial charge in [0.15, 0.2) is 0 Å². The lowest BCUT2D eigenvalue weighted by atomic mass is 10.2. The zero-order valence-electron chi connectivity index (χ0n) is 14.5. The van der Waals surface area contributed by atoms with Crippen LogP contribution in [-0.2, 0) is 13.2 Å². The maximum Gasteiger partial charge on any atom is 0.142 e. The van der Waals surface area contributed by atoms with E-state index >= 15 is 0 Å². The third kappa shape index (κ3) is 6.63. The lowest BCUT2D eigenvalue weighted by Gasteiger charge is -2.22. The number of nitrogens with one attached hydrogen (secondary N) is 2. The van der Waals surface area contributed by atoms with Gasteiger partial charge in [0.1, 0.15) is 12.4 Å². The summed E-state index contributed by atoms with van der Waals surface area (Å²) in [6.45, 7) is 7.51. The summed E-state index contributed by atoms with van der Waals surface area (Å²) in [6.07, 6.45) is 1.84. The summed E-state index contributed by atoms with van der Waals surface area (Å²) in [7, 11) is 0. The van der Waals surface area contributed by atoms with E-state index in [1.807, 2.05) is 36.5 Å². The molecule has 0 aliphatic carbocycles. The molecule has 1 fully saturated rings. The summed E-state index contributed by atoms with van der Waals surface area (Å²) in [5.41, 5.74) is 2.18. The van der Waals surface area contributed by atoms with Gasteiger partial charge in [-0.3, -0.25) is 9.88 Å². The van der Waals surface area contributed by atoms with E-state index < -0.39 is 0 Å². The van der Waals surface area contributed by atoms with Crippen LogP contribution in [0.3, 0.4) is 0 Å². The molecule has 3 rings (SSSR count). The summed E-state index contributed by atoms with van der Waals surface area (Å²) in [5, 5.41) is 6.90. The van der Waals surface area contributed by atoms with Gasteiger partial charge in [-0.2, -0.15) is 0 Å². The molecule has 25 heavy (non-hydrogen) atoms. The molecule has 1 aromatic heterocycles. The van der Waals surface area contributed by atoms with E-state index in [9.17, 15) is 0 Å². The smallest absolute Gasteiger partial charge is 0.142 e. The summed E-state index contributed by atoms with van der Waals surface area (Å²) in [6, 6.07) is 14.2. The van der Waals surface area contributed by atoms with Gasteiger partial charge in [-0.25, -0.2) is 0 Å². The highest BCUT2D eigenvalue weighted by Gasteiger charge is 2.12. The van der Waals surface area contributed by atoms with Gasteiger partial charge in [-0.05, 0) is 17.7 Å². The number of benzene rings is 1. The fourth-order valence-corrected chi connectivity index (χ4v) is 2.79. The molecule has 2 N–H and O–H groups in total. The van der Waals surface area contributed by atoms with Crippen LogP contribution in [0.1, 0.15) is 11.3 Å². The Bertz CT molecular complexity index is 601. The Morgan fingerprint density at radius 2 is 1.64 bits per heavy atom. The number of nitrogens with zero attached hydrogens (tertiary/aromatic N) is 2. The van der Waals surface area contributed by atoms with Crippen LogP contribution in [0.5, 0.6) is 5.75 Å². The molecule has 2 aromatic rings. The van der Waals surface area contributed by atoms with Crippen molar-refractivity contribution in [3.05, 3.63) is 59.9 Å². The van der Waals surface area contributed by atoms with Crippen LogP contribution in [0.25, 0.3) is 0 Å². The molecular formula is C19H27ClN4O. The highest BCUT2D eigenvalue weighted by Crippen LogP contribution is 2.19. The molecule has 0 amide bonds.